The summed E-state index contributed by atoms with van der Waals surface area (Å²) in [4.78, 5) is 0. The van der Waals surface area contributed by atoms with Crippen molar-refractivity contribution in [3.8, 4) is 0 Å². The topological polar surface area (TPSA) is 68.2 Å². The average molecular weight is 839 g/mol. The first-order chi connectivity index (χ1) is 29.1. The molecule has 0 heterocycles. The molecular weight excluding hydrogens is 729 g/mol. The van der Waals surface area contributed by atoms with Crippen LogP contribution in [-0.4, -0.2) is 61.6 Å². The quantitative estimate of drug-likeness (QED) is 0.0597. The lowest BCUT2D eigenvalue weighted by Crippen LogP contribution is -2.26. The van der Waals surface area contributed by atoms with Gasteiger partial charge in [0.15, 0.2) is 0 Å². The van der Waals surface area contributed by atoms with Gasteiger partial charge in [-0.05, 0) is 19.3 Å². The minimum Gasteiger partial charge on any atom is -0.391 e. The minimum atomic E-state index is -0.388. The van der Waals surface area contributed by atoms with Gasteiger partial charge in [-0.2, -0.15) is 0 Å². The van der Waals surface area contributed by atoms with Crippen molar-refractivity contribution in [2.45, 2.75) is 315 Å². The van der Waals surface area contributed by atoms with Gasteiger partial charge in [0.2, 0.25) is 0 Å². The third kappa shape index (κ3) is 50.3. The van der Waals surface area contributed by atoms with Gasteiger partial charge in [-0.3, -0.25) is 0 Å². The Bertz CT molecular complexity index is 734. The van der Waals surface area contributed by atoms with Gasteiger partial charge in [0, 0.05) is 0 Å². The molecule has 3 atom stereocenters. The highest BCUT2D eigenvalue weighted by molar-refractivity contribution is 4.63. The second-order valence-corrected chi connectivity index (χ2v) is 18.9. The van der Waals surface area contributed by atoms with E-state index in [0.717, 1.165) is 38.5 Å². The molecule has 0 saturated heterocycles. The number of aliphatic hydroxyl groups excluding tert-OH is 2. The van der Waals surface area contributed by atoms with Crippen molar-refractivity contribution in [2.75, 3.05) is 33.0 Å². The van der Waals surface area contributed by atoms with Crippen LogP contribution in [0.2, 0.25) is 0 Å². The van der Waals surface area contributed by atoms with Crippen LogP contribution in [0, 0.1) is 0 Å². The Morgan fingerprint density at radius 1 is 0.271 bits per heavy atom. The lowest BCUT2D eigenvalue weighted by atomic mass is 10.0. The van der Waals surface area contributed by atoms with Crippen LogP contribution in [-0.2, 0) is 14.2 Å². The maximum atomic E-state index is 10.7. The molecule has 5 heteroatoms. The molecule has 0 radical (unpaired) electrons. The van der Waals surface area contributed by atoms with E-state index in [1.54, 1.807) is 0 Å². The van der Waals surface area contributed by atoms with E-state index in [2.05, 4.69) is 20.8 Å². The third-order valence-corrected chi connectivity index (χ3v) is 12.7. The number of hydrogen-bond donors (Lipinski definition) is 2. The lowest BCUT2D eigenvalue weighted by molar-refractivity contribution is -0.0647. The standard InChI is InChI=1S/C54H110O5/c1-4-7-10-13-16-19-22-25-27-30-33-36-39-42-45-53(56)50-59-54(46-43-40-37-34-31-28-26-23-20-17-14-11-8-5-2)51-58-48-47-57-49-52(55)44-41-38-35-32-29-24-21-18-15-12-9-6-3/h52-56H,4-51H2,1-3H3. The molecule has 0 rings (SSSR count). The zero-order chi connectivity index (χ0) is 42.8. The fourth-order valence-corrected chi connectivity index (χ4v) is 8.54. The number of hydrogen-bond acceptors (Lipinski definition) is 5. The summed E-state index contributed by atoms with van der Waals surface area (Å²) in [5.74, 6) is 0. The van der Waals surface area contributed by atoms with Crippen molar-refractivity contribution in [3.63, 3.8) is 0 Å². The SMILES string of the molecule is CCCCCCCCCCCCCCCCC(O)COC(CCCCCCCCCCCCCCCC)COCCOCC(O)CCCCCCCCCCCCCC. The Morgan fingerprint density at radius 3 is 0.814 bits per heavy atom. The van der Waals surface area contributed by atoms with Crippen LogP contribution in [0.1, 0.15) is 297 Å². The first kappa shape index (κ1) is 58.8. The van der Waals surface area contributed by atoms with E-state index in [1.165, 1.54) is 238 Å². The summed E-state index contributed by atoms with van der Waals surface area (Å²) in [7, 11) is 0. The second-order valence-electron chi connectivity index (χ2n) is 18.9. The van der Waals surface area contributed by atoms with Crippen molar-refractivity contribution in [1.29, 1.82) is 0 Å². The largest absolute Gasteiger partial charge is 0.391 e. The van der Waals surface area contributed by atoms with Crippen molar-refractivity contribution >= 4 is 0 Å². The predicted octanol–water partition coefficient (Wildman–Crippen LogP) is 17.0. The minimum absolute atomic E-state index is 0.0229. The number of rotatable bonds is 53. The van der Waals surface area contributed by atoms with Gasteiger partial charge in [-0.1, -0.05) is 278 Å². The summed E-state index contributed by atoms with van der Waals surface area (Å²) < 4.78 is 18.1. The van der Waals surface area contributed by atoms with Crippen molar-refractivity contribution in [3.05, 3.63) is 0 Å². The van der Waals surface area contributed by atoms with E-state index in [0.29, 0.717) is 33.0 Å². The van der Waals surface area contributed by atoms with Gasteiger partial charge >= 0.3 is 0 Å². The molecule has 0 aliphatic carbocycles. The van der Waals surface area contributed by atoms with Crippen LogP contribution in [0.3, 0.4) is 0 Å². The number of unbranched alkanes of at least 4 members (excludes halogenated alkanes) is 37. The molecule has 5 nitrogen and oxygen atoms in total. The predicted molar refractivity (Wildman–Crippen MR) is 259 cm³/mol. The Hall–Kier alpha value is -0.200. The van der Waals surface area contributed by atoms with Gasteiger partial charge in [0.25, 0.3) is 0 Å². The maximum Gasteiger partial charge on any atom is 0.0809 e. The molecule has 59 heavy (non-hydrogen) atoms. The molecule has 0 spiro atoms. The first-order valence-corrected chi connectivity index (χ1v) is 27.3. The first-order valence-electron chi connectivity index (χ1n) is 27.3. The highest BCUT2D eigenvalue weighted by Gasteiger charge is 2.13. The Morgan fingerprint density at radius 2 is 0.508 bits per heavy atom. The van der Waals surface area contributed by atoms with Crippen molar-refractivity contribution in [1.82, 2.24) is 0 Å². The van der Waals surface area contributed by atoms with E-state index in [-0.39, 0.29) is 18.3 Å². The normalized spacial score (nSPS) is 13.4. The molecule has 0 fully saturated rings. The van der Waals surface area contributed by atoms with Gasteiger partial charge < -0.3 is 24.4 Å². The molecule has 3 unspecified atom stereocenters. The summed E-state index contributed by atoms with van der Waals surface area (Å²) in [6.45, 7) is 9.24. The molecule has 0 aromatic heterocycles. The monoisotopic (exact) mass is 839 g/mol. The summed E-state index contributed by atoms with van der Waals surface area (Å²) in [6, 6.07) is 0. The van der Waals surface area contributed by atoms with E-state index >= 15 is 0 Å². The van der Waals surface area contributed by atoms with E-state index in [1.807, 2.05) is 0 Å². The van der Waals surface area contributed by atoms with Gasteiger partial charge in [-0.15, -0.1) is 0 Å². The zero-order valence-corrected chi connectivity index (χ0v) is 40.8. The van der Waals surface area contributed by atoms with E-state index in [9.17, 15) is 10.2 Å². The molecule has 0 aromatic carbocycles. The molecule has 356 valence electrons. The number of aliphatic hydroxyl groups is 2. The van der Waals surface area contributed by atoms with Gasteiger partial charge in [-0.25, -0.2) is 0 Å². The third-order valence-electron chi connectivity index (χ3n) is 12.7. The highest BCUT2D eigenvalue weighted by atomic mass is 16.6. The van der Waals surface area contributed by atoms with E-state index in [4.69, 9.17) is 14.2 Å². The molecule has 2 N–H and O–H groups in total. The van der Waals surface area contributed by atoms with Crippen LogP contribution >= 0.6 is 0 Å². The van der Waals surface area contributed by atoms with Crippen LogP contribution in [0.4, 0.5) is 0 Å². The highest BCUT2D eigenvalue weighted by Crippen LogP contribution is 2.18. The number of ether oxygens (including phenoxy) is 3. The van der Waals surface area contributed by atoms with Gasteiger partial charge in [0.05, 0.1) is 51.3 Å². The fraction of sp³-hybridized carbons (Fsp3) is 1.00. The Kier molecular flexibility index (Phi) is 52.0. The van der Waals surface area contributed by atoms with Crippen LogP contribution in [0.15, 0.2) is 0 Å². The maximum absolute atomic E-state index is 10.7. The van der Waals surface area contributed by atoms with Crippen molar-refractivity contribution < 1.29 is 24.4 Å². The summed E-state index contributed by atoms with van der Waals surface area (Å²) in [6.07, 6.45) is 56.0. The zero-order valence-electron chi connectivity index (χ0n) is 40.8. The molecule has 0 amide bonds. The Balaban J connectivity index is 4.13. The summed E-state index contributed by atoms with van der Waals surface area (Å²) in [5, 5.41) is 21.1. The Labute approximate surface area is 371 Å². The van der Waals surface area contributed by atoms with Crippen LogP contribution in [0.25, 0.3) is 0 Å². The molecule has 0 aliphatic rings. The van der Waals surface area contributed by atoms with Gasteiger partial charge in [0.1, 0.15) is 0 Å². The van der Waals surface area contributed by atoms with Crippen LogP contribution in [0.5, 0.6) is 0 Å². The molecule has 0 bridgehead atoms. The summed E-state index contributed by atoms with van der Waals surface area (Å²) in [5.41, 5.74) is 0. The smallest absolute Gasteiger partial charge is 0.0809 e. The molecule has 0 aliphatic heterocycles. The lowest BCUT2D eigenvalue weighted by Gasteiger charge is -2.20. The summed E-state index contributed by atoms with van der Waals surface area (Å²) >= 11 is 0. The second kappa shape index (κ2) is 52.1. The van der Waals surface area contributed by atoms with E-state index < -0.39 is 0 Å². The molecule has 0 saturated carbocycles. The average Bonchev–Trinajstić information content (AvgIpc) is 3.24. The molecular formula is C54H110O5. The fourth-order valence-electron chi connectivity index (χ4n) is 8.54. The van der Waals surface area contributed by atoms with Crippen molar-refractivity contribution in [2.24, 2.45) is 0 Å². The molecule has 0 aromatic rings. The van der Waals surface area contributed by atoms with Crippen LogP contribution < -0.4 is 0 Å².